The first kappa shape index (κ1) is 16.9. The fourth-order valence-corrected chi connectivity index (χ4v) is 3.62. The Hall–Kier alpha value is -0.980. The van der Waals surface area contributed by atoms with Crippen LogP contribution in [0.15, 0.2) is 42.5 Å². The van der Waals surface area contributed by atoms with Crippen LogP contribution in [0, 0.1) is 3.57 Å². The summed E-state index contributed by atoms with van der Waals surface area (Å²) in [5, 5.41) is 4.20. The first-order valence-electron chi connectivity index (χ1n) is 7.07. The van der Waals surface area contributed by atoms with Gasteiger partial charge in [-0.05, 0) is 65.4 Å². The van der Waals surface area contributed by atoms with Crippen LogP contribution in [-0.2, 0) is 15.1 Å². The Morgan fingerprint density at radius 1 is 1.17 bits per heavy atom. The second-order valence-electron chi connectivity index (χ2n) is 5.72. The van der Waals surface area contributed by atoms with Crippen LogP contribution >= 0.6 is 45.8 Å². The summed E-state index contributed by atoms with van der Waals surface area (Å²) in [6.45, 7) is 1.93. The minimum absolute atomic E-state index is 0.276. The number of esters is 1. The maximum Gasteiger partial charge on any atom is 0.329 e. The van der Waals surface area contributed by atoms with E-state index in [1.165, 1.54) is 0 Å². The van der Waals surface area contributed by atoms with E-state index in [2.05, 4.69) is 27.9 Å². The molecule has 6 heteroatoms. The van der Waals surface area contributed by atoms with Gasteiger partial charge in [0.2, 0.25) is 0 Å². The van der Waals surface area contributed by atoms with Crippen molar-refractivity contribution in [3.8, 4) is 0 Å². The van der Waals surface area contributed by atoms with Crippen molar-refractivity contribution in [2.24, 2.45) is 0 Å². The van der Waals surface area contributed by atoms with Crippen molar-refractivity contribution in [1.82, 2.24) is 0 Å². The molecule has 1 heterocycles. The molecule has 1 saturated heterocycles. The van der Waals surface area contributed by atoms with Crippen LogP contribution in [0.4, 0.5) is 5.69 Å². The van der Waals surface area contributed by atoms with Gasteiger partial charge in [-0.2, -0.15) is 0 Å². The van der Waals surface area contributed by atoms with Crippen LogP contribution in [0.2, 0.25) is 10.0 Å². The molecule has 0 saturated carbocycles. The molecule has 1 fully saturated rings. The predicted molar refractivity (Wildman–Crippen MR) is 101 cm³/mol. The number of ether oxygens (including phenoxy) is 1. The molecule has 2 atom stereocenters. The number of benzene rings is 2. The van der Waals surface area contributed by atoms with Crippen molar-refractivity contribution in [1.29, 1.82) is 0 Å². The van der Waals surface area contributed by atoms with Crippen molar-refractivity contribution < 1.29 is 9.53 Å². The van der Waals surface area contributed by atoms with E-state index in [9.17, 15) is 4.79 Å². The highest BCUT2D eigenvalue weighted by molar-refractivity contribution is 14.1. The number of carbonyl (C=O) groups excluding carboxylic acids is 1. The monoisotopic (exact) mass is 461 g/mol. The molecule has 0 radical (unpaired) electrons. The Labute approximate surface area is 158 Å². The second kappa shape index (κ2) is 6.49. The molecule has 0 aliphatic carbocycles. The quantitative estimate of drug-likeness (QED) is 0.501. The molecular formula is C17H14Cl2INO2. The summed E-state index contributed by atoms with van der Waals surface area (Å²) >= 11 is 14.2. The van der Waals surface area contributed by atoms with Crippen molar-refractivity contribution >= 4 is 57.4 Å². The van der Waals surface area contributed by atoms with Gasteiger partial charge in [0.1, 0.15) is 11.6 Å². The van der Waals surface area contributed by atoms with E-state index < -0.39 is 11.6 Å². The van der Waals surface area contributed by atoms with Crippen LogP contribution < -0.4 is 5.32 Å². The average Bonchev–Trinajstić information content (AvgIpc) is 2.74. The standard InChI is InChI=1S/C17H14Cl2INO2/c1-17(10-2-4-13(20)5-3-10)9-15(16(22)23-17)21-14-7-11(18)6-12(19)8-14/h2-8,15,21H,9H2,1H3. The van der Waals surface area contributed by atoms with Gasteiger partial charge in [0.05, 0.1) is 0 Å². The summed E-state index contributed by atoms with van der Waals surface area (Å²) in [7, 11) is 0. The smallest absolute Gasteiger partial charge is 0.329 e. The van der Waals surface area contributed by atoms with Crippen LogP contribution in [-0.4, -0.2) is 12.0 Å². The molecule has 0 bridgehead atoms. The van der Waals surface area contributed by atoms with E-state index >= 15 is 0 Å². The lowest BCUT2D eigenvalue weighted by Crippen LogP contribution is -2.25. The maximum atomic E-state index is 12.3. The molecule has 0 amide bonds. The van der Waals surface area contributed by atoms with Gasteiger partial charge in [0, 0.05) is 25.7 Å². The van der Waals surface area contributed by atoms with Gasteiger partial charge in [-0.25, -0.2) is 4.79 Å². The molecule has 2 aromatic carbocycles. The molecular weight excluding hydrogens is 448 g/mol. The number of hydrogen-bond acceptors (Lipinski definition) is 3. The lowest BCUT2D eigenvalue weighted by atomic mass is 9.91. The third kappa shape index (κ3) is 3.75. The summed E-state index contributed by atoms with van der Waals surface area (Å²) in [6.07, 6.45) is 0.538. The number of rotatable bonds is 3. The molecule has 1 N–H and O–H groups in total. The Kier molecular flexibility index (Phi) is 4.76. The van der Waals surface area contributed by atoms with Crippen molar-refractivity contribution in [2.75, 3.05) is 5.32 Å². The molecule has 2 aromatic rings. The highest BCUT2D eigenvalue weighted by Gasteiger charge is 2.44. The van der Waals surface area contributed by atoms with E-state index in [1.54, 1.807) is 18.2 Å². The fourth-order valence-electron chi connectivity index (χ4n) is 2.74. The van der Waals surface area contributed by atoms with Gasteiger partial charge in [-0.15, -0.1) is 0 Å². The third-order valence-corrected chi connectivity index (χ3v) is 5.02. The Balaban J connectivity index is 1.80. The highest BCUT2D eigenvalue weighted by atomic mass is 127. The number of carbonyl (C=O) groups is 1. The summed E-state index contributed by atoms with van der Waals surface area (Å²) in [4.78, 5) is 12.3. The zero-order valence-corrected chi connectivity index (χ0v) is 15.9. The van der Waals surface area contributed by atoms with E-state index in [0.29, 0.717) is 22.2 Å². The molecule has 1 aliphatic heterocycles. The third-order valence-electron chi connectivity index (χ3n) is 3.86. The molecule has 3 rings (SSSR count). The SMILES string of the molecule is CC1(c2ccc(I)cc2)CC(Nc2cc(Cl)cc(Cl)c2)C(=O)O1. The normalized spacial score (nSPS) is 23.7. The number of anilines is 1. The predicted octanol–water partition coefficient (Wildman–Crippen LogP) is 5.24. The minimum atomic E-state index is -0.637. The number of hydrogen-bond donors (Lipinski definition) is 1. The second-order valence-corrected chi connectivity index (χ2v) is 7.84. The van der Waals surface area contributed by atoms with Crippen LogP contribution in [0.3, 0.4) is 0 Å². The van der Waals surface area contributed by atoms with E-state index in [4.69, 9.17) is 27.9 Å². The molecule has 23 heavy (non-hydrogen) atoms. The summed E-state index contributed by atoms with van der Waals surface area (Å²) in [6, 6.07) is 12.7. The van der Waals surface area contributed by atoms with Gasteiger partial charge in [0.15, 0.2) is 0 Å². The van der Waals surface area contributed by atoms with Gasteiger partial charge >= 0.3 is 5.97 Å². The number of nitrogens with one attached hydrogen (secondary N) is 1. The molecule has 0 spiro atoms. The largest absolute Gasteiger partial charge is 0.453 e. The fraction of sp³-hybridized carbons (Fsp3) is 0.235. The lowest BCUT2D eigenvalue weighted by molar-refractivity contribution is -0.148. The van der Waals surface area contributed by atoms with Crippen molar-refractivity contribution in [2.45, 2.75) is 25.0 Å². The molecule has 0 aromatic heterocycles. The number of halogens is 3. The minimum Gasteiger partial charge on any atom is -0.453 e. The lowest BCUT2D eigenvalue weighted by Gasteiger charge is -2.23. The first-order valence-corrected chi connectivity index (χ1v) is 8.91. The van der Waals surface area contributed by atoms with Crippen LogP contribution in [0.5, 0.6) is 0 Å². The Morgan fingerprint density at radius 2 is 1.78 bits per heavy atom. The van der Waals surface area contributed by atoms with Crippen LogP contribution in [0.1, 0.15) is 18.9 Å². The average molecular weight is 462 g/mol. The van der Waals surface area contributed by atoms with Crippen LogP contribution in [0.25, 0.3) is 0 Å². The van der Waals surface area contributed by atoms with Crippen molar-refractivity contribution in [3.63, 3.8) is 0 Å². The van der Waals surface area contributed by atoms with E-state index in [0.717, 1.165) is 9.13 Å². The molecule has 3 nitrogen and oxygen atoms in total. The van der Waals surface area contributed by atoms with Crippen molar-refractivity contribution in [3.05, 3.63) is 61.6 Å². The van der Waals surface area contributed by atoms with Gasteiger partial charge < -0.3 is 10.1 Å². The Morgan fingerprint density at radius 3 is 2.39 bits per heavy atom. The van der Waals surface area contributed by atoms with E-state index in [1.807, 2.05) is 31.2 Å². The van der Waals surface area contributed by atoms with Gasteiger partial charge in [0.25, 0.3) is 0 Å². The maximum absolute atomic E-state index is 12.3. The van der Waals surface area contributed by atoms with Gasteiger partial charge in [-0.3, -0.25) is 0 Å². The summed E-state index contributed by atoms with van der Waals surface area (Å²) in [5.41, 5.74) is 1.05. The summed E-state index contributed by atoms with van der Waals surface area (Å²) < 4.78 is 6.79. The summed E-state index contributed by atoms with van der Waals surface area (Å²) in [5.74, 6) is -0.276. The highest BCUT2D eigenvalue weighted by Crippen LogP contribution is 2.38. The number of cyclic esters (lactones) is 1. The molecule has 2 unspecified atom stereocenters. The van der Waals surface area contributed by atoms with E-state index in [-0.39, 0.29) is 5.97 Å². The zero-order valence-electron chi connectivity index (χ0n) is 12.3. The zero-order chi connectivity index (χ0) is 16.6. The first-order chi connectivity index (χ1) is 10.9. The Bertz CT molecular complexity index is 731. The molecule has 120 valence electrons. The molecule has 1 aliphatic rings. The topological polar surface area (TPSA) is 38.3 Å². The van der Waals surface area contributed by atoms with Gasteiger partial charge in [-0.1, -0.05) is 35.3 Å².